The molecule has 1 fully saturated rings. The van der Waals surface area contributed by atoms with E-state index in [-0.39, 0.29) is 6.54 Å². The third kappa shape index (κ3) is 3.10. The highest BCUT2D eigenvalue weighted by Gasteiger charge is 2.45. The Morgan fingerprint density at radius 3 is 2.56 bits per heavy atom. The van der Waals surface area contributed by atoms with Crippen LogP contribution in [-0.2, 0) is 11.3 Å². The lowest BCUT2D eigenvalue weighted by molar-refractivity contribution is -0.175. The average Bonchev–Trinajstić information content (AvgIpc) is 2.76. The third-order valence-electron chi connectivity index (χ3n) is 3.17. The number of carbonyl (C=O) groups excluding carboxylic acids is 1. The predicted molar refractivity (Wildman–Crippen MR) is 60.9 cm³/mol. The van der Waals surface area contributed by atoms with Gasteiger partial charge >= 0.3 is 6.18 Å². The number of rotatable bonds is 3. The Morgan fingerprint density at radius 2 is 1.94 bits per heavy atom. The Hall–Kier alpha value is -1.36. The molecule has 2 nitrogen and oxygen atoms in total. The minimum absolute atomic E-state index is 0.202. The summed E-state index contributed by atoms with van der Waals surface area (Å²) in [6.07, 6.45) is -4.40. The minimum atomic E-state index is -4.70. The van der Waals surface area contributed by atoms with E-state index in [4.69, 9.17) is 0 Å². The van der Waals surface area contributed by atoms with Gasteiger partial charge in [0.1, 0.15) is 0 Å². The molecule has 5 heteroatoms. The van der Waals surface area contributed by atoms with Crippen molar-refractivity contribution < 1.29 is 18.0 Å². The molecular weight excluding hydrogens is 243 g/mol. The second-order valence-corrected chi connectivity index (χ2v) is 4.57. The lowest BCUT2D eigenvalue weighted by Gasteiger charge is -2.16. The molecule has 1 aliphatic rings. The highest BCUT2D eigenvalue weighted by molar-refractivity contribution is 5.86. The van der Waals surface area contributed by atoms with Crippen molar-refractivity contribution in [2.75, 3.05) is 13.1 Å². The molecule has 1 heterocycles. The van der Waals surface area contributed by atoms with Gasteiger partial charge in [-0.3, -0.25) is 9.69 Å². The van der Waals surface area contributed by atoms with Crippen molar-refractivity contribution in [3.63, 3.8) is 0 Å². The number of hydrogen-bond donors (Lipinski definition) is 0. The topological polar surface area (TPSA) is 20.3 Å². The second-order valence-electron chi connectivity index (χ2n) is 4.57. The molecule has 0 aliphatic carbocycles. The molecular formula is C13H14F3NO. The van der Waals surface area contributed by atoms with E-state index in [1.807, 2.05) is 35.2 Å². The van der Waals surface area contributed by atoms with Crippen LogP contribution in [-0.4, -0.2) is 29.9 Å². The molecule has 0 spiro atoms. The van der Waals surface area contributed by atoms with Crippen molar-refractivity contribution in [1.82, 2.24) is 4.90 Å². The van der Waals surface area contributed by atoms with Crippen molar-refractivity contribution in [1.29, 1.82) is 0 Å². The van der Waals surface area contributed by atoms with Crippen LogP contribution in [0.4, 0.5) is 13.2 Å². The molecule has 2 rings (SSSR count). The number of halogens is 3. The van der Waals surface area contributed by atoms with Gasteiger partial charge in [0.15, 0.2) is 0 Å². The van der Waals surface area contributed by atoms with Crippen LogP contribution in [0.5, 0.6) is 0 Å². The van der Waals surface area contributed by atoms with E-state index < -0.39 is 17.9 Å². The molecule has 1 aliphatic heterocycles. The largest absolute Gasteiger partial charge is 0.450 e. The van der Waals surface area contributed by atoms with Crippen LogP contribution in [0.1, 0.15) is 12.0 Å². The van der Waals surface area contributed by atoms with E-state index in [2.05, 4.69) is 0 Å². The first-order valence-corrected chi connectivity index (χ1v) is 5.84. The fraction of sp³-hybridized carbons (Fsp3) is 0.462. The number of likely N-dealkylation sites (tertiary alicyclic amines) is 1. The summed E-state index contributed by atoms with van der Waals surface area (Å²) in [4.78, 5) is 13.0. The fourth-order valence-corrected chi connectivity index (χ4v) is 2.26. The quantitative estimate of drug-likeness (QED) is 0.829. The number of carbonyl (C=O) groups is 1. The molecule has 0 aromatic heterocycles. The van der Waals surface area contributed by atoms with Crippen molar-refractivity contribution in [2.45, 2.75) is 19.1 Å². The normalized spacial score (nSPS) is 21.2. The summed E-state index contributed by atoms with van der Waals surface area (Å²) in [7, 11) is 0. The average molecular weight is 257 g/mol. The SMILES string of the molecule is O=C([C@@H]1CCN(Cc2ccccc2)C1)C(F)(F)F. The van der Waals surface area contributed by atoms with Gasteiger partial charge in [0.2, 0.25) is 5.78 Å². The zero-order chi connectivity index (χ0) is 13.2. The zero-order valence-corrected chi connectivity index (χ0v) is 9.78. The molecule has 1 saturated heterocycles. The first-order valence-electron chi connectivity index (χ1n) is 5.84. The van der Waals surface area contributed by atoms with E-state index >= 15 is 0 Å². The number of hydrogen-bond acceptors (Lipinski definition) is 2. The van der Waals surface area contributed by atoms with Gasteiger partial charge in [0.25, 0.3) is 0 Å². The van der Waals surface area contributed by atoms with E-state index in [0.29, 0.717) is 19.5 Å². The zero-order valence-electron chi connectivity index (χ0n) is 9.78. The van der Waals surface area contributed by atoms with Gasteiger partial charge in [-0.2, -0.15) is 13.2 Å². The number of benzene rings is 1. The maximum atomic E-state index is 12.3. The van der Waals surface area contributed by atoms with Crippen LogP contribution in [0, 0.1) is 5.92 Å². The molecule has 18 heavy (non-hydrogen) atoms. The van der Waals surface area contributed by atoms with Crippen LogP contribution in [0.15, 0.2) is 30.3 Å². The van der Waals surface area contributed by atoms with Gasteiger partial charge in [-0.05, 0) is 18.5 Å². The molecule has 98 valence electrons. The second kappa shape index (κ2) is 5.10. The molecule has 0 amide bonds. The summed E-state index contributed by atoms with van der Waals surface area (Å²) in [5.41, 5.74) is 1.05. The van der Waals surface area contributed by atoms with Crippen LogP contribution in [0.2, 0.25) is 0 Å². The molecule has 1 aromatic rings. The molecule has 0 saturated carbocycles. The molecule has 0 unspecified atom stereocenters. The summed E-state index contributed by atoms with van der Waals surface area (Å²) in [5, 5.41) is 0. The van der Waals surface area contributed by atoms with E-state index in [1.165, 1.54) is 0 Å². The molecule has 0 bridgehead atoms. The number of Topliss-reactive ketones (excluding diaryl/α,β-unsaturated/α-hetero) is 1. The van der Waals surface area contributed by atoms with Crippen LogP contribution < -0.4 is 0 Å². The number of ketones is 1. The number of alkyl halides is 3. The smallest absolute Gasteiger partial charge is 0.298 e. The third-order valence-corrected chi connectivity index (χ3v) is 3.17. The Bertz CT molecular complexity index is 416. The Balaban J connectivity index is 1.91. The predicted octanol–water partition coefficient (Wildman–Crippen LogP) is 2.64. The first-order chi connectivity index (χ1) is 8.47. The molecule has 0 radical (unpaired) electrons. The Kier molecular flexibility index (Phi) is 3.71. The van der Waals surface area contributed by atoms with Crippen molar-refractivity contribution >= 4 is 5.78 Å². The van der Waals surface area contributed by atoms with E-state index in [9.17, 15) is 18.0 Å². The van der Waals surface area contributed by atoms with Crippen LogP contribution in [0.3, 0.4) is 0 Å². The summed E-state index contributed by atoms with van der Waals surface area (Å²) < 4.78 is 36.9. The van der Waals surface area contributed by atoms with E-state index in [1.54, 1.807) is 0 Å². The van der Waals surface area contributed by atoms with Crippen LogP contribution in [0.25, 0.3) is 0 Å². The molecule has 0 N–H and O–H groups in total. The summed E-state index contributed by atoms with van der Waals surface area (Å²) in [5.74, 6) is -2.48. The Morgan fingerprint density at radius 1 is 1.28 bits per heavy atom. The molecule has 1 aromatic carbocycles. The fourth-order valence-electron chi connectivity index (χ4n) is 2.26. The van der Waals surface area contributed by atoms with Gasteiger partial charge in [-0.15, -0.1) is 0 Å². The van der Waals surface area contributed by atoms with Gasteiger partial charge in [-0.1, -0.05) is 30.3 Å². The summed E-state index contributed by atoms with van der Waals surface area (Å²) >= 11 is 0. The number of nitrogens with zero attached hydrogens (tertiary/aromatic N) is 1. The lowest BCUT2D eigenvalue weighted by atomic mass is 10.0. The van der Waals surface area contributed by atoms with Gasteiger partial charge < -0.3 is 0 Å². The monoisotopic (exact) mass is 257 g/mol. The standard InChI is InChI=1S/C13H14F3NO/c14-13(15,16)12(18)11-6-7-17(9-11)8-10-4-2-1-3-5-10/h1-5,11H,6-9H2/t11-/m1/s1. The van der Waals surface area contributed by atoms with Crippen molar-refractivity contribution in [2.24, 2.45) is 5.92 Å². The maximum absolute atomic E-state index is 12.3. The van der Waals surface area contributed by atoms with E-state index in [0.717, 1.165) is 5.56 Å². The van der Waals surface area contributed by atoms with Gasteiger partial charge in [0, 0.05) is 19.0 Å². The summed E-state index contributed by atoms with van der Waals surface area (Å²) in [6.45, 7) is 1.34. The van der Waals surface area contributed by atoms with Crippen LogP contribution >= 0.6 is 0 Å². The minimum Gasteiger partial charge on any atom is -0.298 e. The Labute approximate surface area is 103 Å². The maximum Gasteiger partial charge on any atom is 0.450 e. The van der Waals surface area contributed by atoms with Gasteiger partial charge in [0.05, 0.1) is 0 Å². The highest BCUT2D eigenvalue weighted by Crippen LogP contribution is 2.27. The molecule has 1 atom stereocenters. The summed E-state index contributed by atoms with van der Waals surface area (Å²) in [6, 6.07) is 9.54. The first kappa shape index (κ1) is 13.1. The van der Waals surface area contributed by atoms with Gasteiger partial charge in [-0.25, -0.2) is 0 Å². The van der Waals surface area contributed by atoms with Crippen molar-refractivity contribution in [3.8, 4) is 0 Å². The lowest BCUT2D eigenvalue weighted by Crippen LogP contribution is -2.32. The highest BCUT2D eigenvalue weighted by atomic mass is 19.4. The van der Waals surface area contributed by atoms with Crippen molar-refractivity contribution in [3.05, 3.63) is 35.9 Å².